The topological polar surface area (TPSA) is 24.5 Å². The summed E-state index contributed by atoms with van der Waals surface area (Å²) in [6.45, 7) is 0.695. The first-order valence-corrected chi connectivity index (χ1v) is 7.71. The van der Waals surface area contributed by atoms with Crippen molar-refractivity contribution in [2.24, 2.45) is 0 Å². The Morgan fingerprint density at radius 1 is 1.19 bits per heavy atom. The van der Waals surface area contributed by atoms with Crippen LogP contribution in [0.2, 0.25) is 5.02 Å². The SMILES string of the molecule is COc1ccc(CNc2cc(Br)ccc2N(C)C)cc1Cl. The maximum atomic E-state index is 6.15. The summed E-state index contributed by atoms with van der Waals surface area (Å²) in [4.78, 5) is 2.08. The van der Waals surface area contributed by atoms with E-state index in [4.69, 9.17) is 16.3 Å². The van der Waals surface area contributed by atoms with E-state index in [0.717, 1.165) is 21.4 Å². The monoisotopic (exact) mass is 368 g/mol. The van der Waals surface area contributed by atoms with E-state index in [1.807, 2.05) is 38.4 Å². The van der Waals surface area contributed by atoms with Gasteiger partial charge in [-0.15, -0.1) is 0 Å². The first-order valence-electron chi connectivity index (χ1n) is 6.54. The summed E-state index contributed by atoms with van der Waals surface area (Å²) in [6.07, 6.45) is 0. The first-order chi connectivity index (χ1) is 10.0. The molecule has 0 aliphatic heterocycles. The van der Waals surface area contributed by atoms with Crippen LogP contribution in [-0.4, -0.2) is 21.2 Å². The van der Waals surface area contributed by atoms with Crippen molar-refractivity contribution in [2.75, 3.05) is 31.4 Å². The van der Waals surface area contributed by atoms with Gasteiger partial charge in [-0.25, -0.2) is 0 Å². The van der Waals surface area contributed by atoms with Crippen LogP contribution in [0.1, 0.15) is 5.56 Å². The van der Waals surface area contributed by atoms with Crippen molar-refractivity contribution in [3.05, 3.63) is 51.5 Å². The van der Waals surface area contributed by atoms with Gasteiger partial charge < -0.3 is 15.0 Å². The fraction of sp³-hybridized carbons (Fsp3) is 0.250. The minimum Gasteiger partial charge on any atom is -0.495 e. The molecule has 2 aromatic rings. The zero-order valence-corrected chi connectivity index (χ0v) is 14.6. The molecule has 0 heterocycles. The van der Waals surface area contributed by atoms with Gasteiger partial charge in [0.1, 0.15) is 5.75 Å². The Balaban J connectivity index is 2.16. The lowest BCUT2D eigenvalue weighted by atomic mass is 10.2. The molecule has 0 aliphatic rings. The van der Waals surface area contributed by atoms with Gasteiger partial charge in [-0.2, -0.15) is 0 Å². The predicted molar refractivity (Wildman–Crippen MR) is 93.8 cm³/mol. The fourth-order valence-corrected chi connectivity index (χ4v) is 2.70. The molecule has 1 N–H and O–H groups in total. The molecule has 0 radical (unpaired) electrons. The second-order valence-corrected chi connectivity index (χ2v) is 6.20. The van der Waals surface area contributed by atoms with Gasteiger partial charge in [0, 0.05) is 25.1 Å². The predicted octanol–water partition coefficient (Wildman–Crippen LogP) is 4.79. The Morgan fingerprint density at radius 3 is 2.57 bits per heavy atom. The molecule has 112 valence electrons. The number of hydrogen-bond donors (Lipinski definition) is 1. The maximum absolute atomic E-state index is 6.15. The van der Waals surface area contributed by atoms with Crippen molar-refractivity contribution >= 4 is 38.9 Å². The van der Waals surface area contributed by atoms with E-state index in [0.29, 0.717) is 17.3 Å². The van der Waals surface area contributed by atoms with Crippen molar-refractivity contribution in [2.45, 2.75) is 6.54 Å². The molecule has 2 rings (SSSR count). The number of anilines is 2. The van der Waals surface area contributed by atoms with Crippen LogP contribution in [0.15, 0.2) is 40.9 Å². The minimum absolute atomic E-state index is 0.624. The van der Waals surface area contributed by atoms with Crippen molar-refractivity contribution in [3.8, 4) is 5.75 Å². The Morgan fingerprint density at radius 2 is 1.95 bits per heavy atom. The Labute approximate surface area is 139 Å². The van der Waals surface area contributed by atoms with Crippen molar-refractivity contribution in [1.82, 2.24) is 0 Å². The molecular weight excluding hydrogens is 352 g/mol. The van der Waals surface area contributed by atoms with E-state index in [1.54, 1.807) is 7.11 Å². The summed E-state index contributed by atoms with van der Waals surface area (Å²) in [7, 11) is 5.67. The molecule has 0 saturated carbocycles. The quantitative estimate of drug-likeness (QED) is 0.820. The van der Waals surface area contributed by atoms with Crippen LogP contribution in [0, 0.1) is 0 Å². The highest BCUT2D eigenvalue weighted by Crippen LogP contribution is 2.29. The second kappa shape index (κ2) is 7.05. The lowest BCUT2D eigenvalue weighted by Gasteiger charge is -2.19. The molecule has 0 bridgehead atoms. The number of methoxy groups -OCH3 is 1. The van der Waals surface area contributed by atoms with Crippen molar-refractivity contribution in [1.29, 1.82) is 0 Å². The zero-order valence-electron chi connectivity index (χ0n) is 12.3. The molecular formula is C16H18BrClN2O. The third-order valence-electron chi connectivity index (χ3n) is 3.14. The van der Waals surface area contributed by atoms with E-state index in [2.05, 4.69) is 38.3 Å². The van der Waals surface area contributed by atoms with Gasteiger partial charge in [0.15, 0.2) is 0 Å². The molecule has 0 saturated heterocycles. The summed E-state index contributed by atoms with van der Waals surface area (Å²) >= 11 is 9.66. The molecule has 3 nitrogen and oxygen atoms in total. The van der Waals surface area contributed by atoms with E-state index in [-0.39, 0.29) is 0 Å². The number of nitrogens with one attached hydrogen (secondary N) is 1. The average molecular weight is 370 g/mol. The molecule has 0 fully saturated rings. The zero-order chi connectivity index (χ0) is 15.4. The van der Waals surface area contributed by atoms with Crippen LogP contribution in [0.25, 0.3) is 0 Å². The van der Waals surface area contributed by atoms with E-state index >= 15 is 0 Å². The normalized spacial score (nSPS) is 10.3. The second-order valence-electron chi connectivity index (χ2n) is 4.88. The highest BCUT2D eigenvalue weighted by atomic mass is 79.9. The van der Waals surface area contributed by atoms with Gasteiger partial charge in [0.25, 0.3) is 0 Å². The van der Waals surface area contributed by atoms with Crippen molar-refractivity contribution < 1.29 is 4.74 Å². The smallest absolute Gasteiger partial charge is 0.137 e. The van der Waals surface area contributed by atoms with E-state index in [1.165, 1.54) is 0 Å². The molecule has 0 unspecified atom stereocenters. The average Bonchev–Trinajstić information content (AvgIpc) is 2.45. The van der Waals surface area contributed by atoms with Crippen molar-refractivity contribution in [3.63, 3.8) is 0 Å². The van der Waals surface area contributed by atoms with Crippen LogP contribution in [0.4, 0.5) is 11.4 Å². The molecule has 0 atom stereocenters. The van der Waals surface area contributed by atoms with Gasteiger partial charge in [-0.3, -0.25) is 0 Å². The van der Waals surface area contributed by atoms with Crippen LogP contribution in [0.3, 0.4) is 0 Å². The third kappa shape index (κ3) is 4.05. The number of rotatable bonds is 5. The van der Waals surface area contributed by atoms with E-state index in [9.17, 15) is 0 Å². The van der Waals surface area contributed by atoms with Gasteiger partial charge in [-0.05, 0) is 35.9 Å². The van der Waals surface area contributed by atoms with E-state index < -0.39 is 0 Å². The van der Waals surface area contributed by atoms with Gasteiger partial charge >= 0.3 is 0 Å². The van der Waals surface area contributed by atoms with Gasteiger partial charge in [0.2, 0.25) is 0 Å². The van der Waals surface area contributed by atoms with Gasteiger partial charge in [-0.1, -0.05) is 33.6 Å². The lowest BCUT2D eigenvalue weighted by molar-refractivity contribution is 0.415. The van der Waals surface area contributed by atoms with Crippen LogP contribution < -0.4 is 15.0 Å². The third-order valence-corrected chi connectivity index (χ3v) is 3.93. The molecule has 0 aliphatic carbocycles. The summed E-state index contributed by atoms with van der Waals surface area (Å²) in [5, 5.41) is 4.07. The molecule has 0 spiro atoms. The molecule has 0 amide bonds. The highest BCUT2D eigenvalue weighted by molar-refractivity contribution is 9.10. The van der Waals surface area contributed by atoms with Crippen LogP contribution in [0.5, 0.6) is 5.75 Å². The summed E-state index contributed by atoms with van der Waals surface area (Å²) in [5.74, 6) is 0.692. The minimum atomic E-state index is 0.624. The molecule has 2 aromatic carbocycles. The standard InChI is InChI=1S/C16H18BrClN2O/c1-20(2)15-6-5-12(17)9-14(15)19-10-11-4-7-16(21-3)13(18)8-11/h4-9,19H,10H2,1-3H3. The Bertz CT molecular complexity index is 632. The number of ether oxygens (including phenoxy) is 1. The molecule has 21 heavy (non-hydrogen) atoms. The lowest BCUT2D eigenvalue weighted by Crippen LogP contribution is -2.12. The molecule has 0 aromatic heterocycles. The highest BCUT2D eigenvalue weighted by Gasteiger charge is 2.06. The fourth-order valence-electron chi connectivity index (χ4n) is 2.06. The Hall–Kier alpha value is -1.39. The van der Waals surface area contributed by atoms with Crippen LogP contribution in [-0.2, 0) is 6.54 Å². The molecule has 5 heteroatoms. The first kappa shape index (κ1) is 16.0. The number of benzene rings is 2. The maximum Gasteiger partial charge on any atom is 0.137 e. The van der Waals surface area contributed by atoms with Gasteiger partial charge in [0.05, 0.1) is 23.5 Å². The number of hydrogen-bond acceptors (Lipinski definition) is 3. The van der Waals surface area contributed by atoms with Crippen LogP contribution >= 0.6 is 27.5 Å². The summed E-state index contributed by atoms with van der Waals surface area (Å²) in [5.41, 5.74) is 3.31. The number of halogens is 2. The Kier molecular flexibility index (Phi) is 5.37. The number of nitrogens with zero attached hydrogens (tertiary/aromatic N) is 1. The summed E-state index contributed by atoms with van der Waals surface area (Å²) in [6, 6.07) is 12.0. The largest absolute Gasteiger partial charge is 0.495 e. The summed E-state index contributed by atoms with van der Waals surface area (Å²) < 4.78 is 6.21.